The van der Waals surface area contributed by atoms with Crippen molar-refractivity contribution >= 4 is 34.8 Å². The smallest absolute Gasteiger partial charge is 0.265 e. The van der Waals surface area contributed by atoms with Gasteiger partial charge in [-0.05, 0) is 55.7 Å². The summed E-state index contributed by atoms with van der Waals surface area (Å²) in [5, 5.41) is 6.32. The van der Waals surface area contributed by atoms with Crippen molar-refractivity contribution in [1.29, 1.82) is 0 Å². The first-order chi connectivity index (χ1) is 12.0. The van der Waals surface area contributed by atoms with Gasteiger partial charge >= 0.3 is 0 Å². The highest BCUT2D eigenvalue weighted by Crippen LogP contribution is 2.32. The molecular weight excluding hydrogens is 340 g/mol. The van der Waals surface area contributed by atoms with Gasteiger partial charge in [0, 0.05) is 17.1 Å². The number of amides is 2. The van der Waals surface area contributed by atoms with Crippen LogP contribution in [-0.4, -0.2) is 17.9 Å². The molecule has 2 aromatic rings. The predicted molar refractivity (Wildman–Crippen MR) is 98.2 cm³/mol. The second kappa shape index (κ2) is 7.57. The Balaban J connectivity index is 1.52. The maximum absolute atomic E-state index is 12.1. The molecular formula is C19H19ClN2O3. The Morgan fingerprint density at radius 1 is 1.24 bits per heavy atom. The van der Waals surface area contributed by atoms with Gasteiger partial charge in [-0.3, -0.25) is 9.59 Å². The maximum Gasteiger partial charge on any atom is 0.265 e. The van der Waals surface area contributed by atoms with E-state index in [2.05, 4.69) is 10.6 Å². The molecule has 130 valence electrons. The van der Waals surface area contributed by atoms with Gasteiger partial charge in [0.1, 0.15) is 5.75 Å². The van der Waals surface area contributed by atoms with E-state index in [1.165, 1.54) is 0 Å². The fourth-order valence-electron chi connectivity index (χ4n) is 2.61. The van der Waals surface area contributed by atoms with Gasteiger partial charge in [-0.1, -0.05) is 23.7 Å². The van der Waals surface area contributed by atoms with Crippen LogP contribution in [0.3, 0.4) is 0 Å². The Bertz CT molecular complexity index is 790. The number of hydrogen-bond donors (Lipinski definition) is 2. The molecule has 0 unspecified atom stereocenters. The number of rotatable bonds is 5. The summed E-state index contributed by atoms with van der Waals surface area (Å²) in [6.45, 7) is 1.69. The minimum absolute atomic E-state index is 0.0645. The number of carbonyl (C=O) groups excluding carboxylic acids is 2. The van der Waals surface area contributed by atoms with Gasteiger partial charge in [0.2, 0.25) is 5.91 Å². The summed E-state index contributed by atoms with van der Waals surface area (Å²) in [4.78, 5) is 23.7. The average molecular weight is 359 g/mol. The summed E-state index contributed by atoms with van der Waals surface area (Å²) >= 11 is 5.85. The fraction of sp³-hybridized carbons (Fsp3) is 0.263. The number of anilines is 2. The number of ether oxygens (including phenoxy) is 1. The molecule has 0 aromatic heterocycles. The molecule has 0 spiro atoms. The molecule has 3 rings (SSSR count). The molecule has 0 aliphatic carbocycles. The van der Waals surface area contributed by atoms with Crippen LogP contribution < -0.4 is 15.4 Å². The minimum atomic E-state index is -0.513. The number of benzene rings is 2. The van der Waals surface area contributed by atoms with E-state index < -0.39 is 6.10 Å². The number of aryl methyl sites for hydroxylation is 1. The lowest BCUT2D eigenvalue weighted by Gasteiger charge is -2.23. The van der Waals surface area contributed by atoms with Crippen LogP contribution in [0.25, 0.3) is 0 Å². The van der Waals surface area contributed by atoms with Gasteiger partial charge in [-0.2, -0.15) is 0 Å². The molecule has 1 heterocycles. The maximum atomic E-state index is 12.1. The van der Waals surface area contributed by atoms with E-state index in [1.807, 2.05) is 24.3 Å². The van der Waals surface area contributed by atoms with Crippen LogP contribution in [-0.2, 0) is 16.0 Å². The van der Waals surface area contributed by atoms with Crippen molar-refractivity contribution in [2.24, 2.45) is 0 Å². The summed E-state index contributed by atoms with van der Waals surface area (Å²) in [6.07, 6.45) is 1.46. The average Bonchev–Trinajstić information content (AvgIpc) is 2.58. The number of hydrogen-bond acceptors (Lipinski definition) is 3. The predicted octanol–water partition coefficient (Wildman–Crippen LogP) is 4.02. The molecule has 0 fully saturated rings. The largest absolute Gasteiger partial charge is 0.479 e. The zero-order valence-electron chi connectivity index (χ0n) is 13.8. The number of carbonyl (C=O) groups is 2. The standard InChI is InChI=1S/C19H19ClN2O3/c1-12-19(24)22-16-11-15(9-10-17(16)25-12)21-18(23)4-2-3-13-5-7-14(20)8-6-13/h5-12H,2-4H2,1H3,(H,21,23)(H,22,24)/t12-/m1/s1. The molecule has 1 aliphatic rings. The van der Waals surface area contributed by atoms with Crippen molar-refractivity contribution < 1.29 is 14.3 Å². The van der Waals surface area contributed by atoms with Crippen LogP contribution in [0.15, 0.2) is 42.5 Å². The Morgan fingerprint density at radius 2 is 2.00 bits per heavy atom. The van der Waals surface area contributed by atoms with Crippen molar-refractivity contribution in [3.8, 4) is 5.75 Å². The number of nitrogens with one attached hydrogen (secondary N) is 2. The van der Waals surface area contributed by atoms with Crippen LogP contribution in [0.1, 0.15) is 25.3 Å². The molecule has 6 heteroatoms. The van der Waals surface area contributed by atoms with Crippen LogP contribution >= 0.6 is 11.6 Å². The molecule has 2 N–H and O–H groups in total. The van der Waals surface area contributed by atoms with E-state index in [-0.39, 0.29) is 11.8 Å². The van der Waals surface area contributed by atoms with Crippen molar-refractivity contribution in [2.45, 2.75) is 32.3 Å². The van der Waals surface area contributed by atoms with Gasteiger partial charge in [0.25, 0.3) is 5.91 Å². The van der Waals surface area contributed by atoms with Gasteiger partial charge < -0.3 is 15.4 Å². The second-order valence-corrected chi connectivity index (χ2v) is 6.42. The van der Waals surface area contributed by atoms with Crippen LogP contribution in [0.2, 0.25) is 5.02 Å². The zero-order valence-corrected chi connectivity index (χ0v) is 14.6. The lowest BCUT2D eigenvalue weighted by atomic mass is 10.1. The van der Waals surface area contributed by atoms with E-state index in [1.54, 1.807) is 25.1 Å². The Kier molecular flexibility index (Phi) is 5.24. The number of halogens is 1. The quantitative estimate of drug-likeness (QED) is 0.848. The first-order valence-electron chi connectivity index (χ1n) is 8.17. The third-order valence-electron chi connectivity index (χ3n) is 3.98. The van der Waals surface area contributed by atoms with Gasteiger partial charge in [-0.25, -0.2) is 0 Å². The van der Waals surface area contributed by atoms with E-state index in [9.17, 15) is 9.59 Å². The first-order valence-corrected chi connectivity index (χ1v) is 8.55. The summed E-state index contributed by atoms with van der Waals surface area (Å²) in [5.74, 6) is 0.345. The molecule has 2 aromatic carbocycles. The van der Waals surface area contributed by atoms with Gasteiger partial charge in [0.05, 0.1) is 5.69 Å². The third kappa shape index (κ3) is 4.51. The summed E-state index contributed by atoms with van der Waals surface area (Å²) < 4.78 is 5.49. The van der Waals surface area contributed by atoms with E-state index in [0.717, 1.165) is 18.4 Å². The normalized spacial score (nSPS) is 15.8. The van der Waals surface area contributed by atoms with Crippen LogP contribution in [0.4, 0.5) is 11.4 Å². The SMILES string of the molecule is C[C@H]1Oc2ccc(NC(=O)CCCc3ccc(Cl)cc3)cc2NC1=O. The Labute approximate surface area is 151 Å². The molecule has 25 heavy (non-hydrogen) atoms. The lowest BCUT2D eigenvalue weighted by molar-refractivity contribution is -0.122. The Morgan fingerprint density at radius 3 is 2.76 bits per heavy atom. The molecule has 2 amide bonds. The molecule has 0 bridgehead atoms. The van der Waals surface area contributed by atoms with Crippen molar-refractivity contribution in [1.82, 2.24) is 0 Å². The fourth-order valence-corrected chi connectivity index (χ4v) is 2.74. The Hall–Kier alpha value is -2.53. The third-order valence-corrected chi connectivity index (χ3v) is 4.23. The highest BCUT2D eigenvalue weighted by Gasteiger charge is 2.23. The van der Waals surface area contributed by atoms with Crippen LogP contribution in [0.5, 0.6) is 5.75 Å². The second-order valence-electron chi connectivity index (χ2n) is 5.99. The first kappa shape index (κ1) is 17.3. The van der Waals surface area contributed by atoms with E-state index in [4.69, 9.17) is 16.3 Å². The molecule has 0 radical (unpaired) electrons. The summed E-state index contributed by atoms with van der Waals surface area (Å²) in [7, 11) is 0. The van der Waals surface area contributed by atoms with Gasteiger partial charge in [0.15, 0.2) is 6.10 Å². The number of fused-ring (bicyclic) bond motifs is 1. The summed E-state index contributed by atoms with van der Waals surface area (Å²) in [5.41, 5.74) is 2.36. The van der Waals surface area contributed by atoms with E-state index >= 15 is 0 Å². The molecule has 1 aliphatic heterocycles. The molecule has 0 saturated heterocycles. The van der Waals surface area contributed by atoms with Crippen molar-refractivity contribution in [2.75, 3.05) is 10.6 Å². The van der Waals surface area contributed by atoms with Gasteiger partial charge in [-0.15, -0.1) is 0 Å². The van der Waals surface area contributed by atoms with Crippen LogP contribution in [0, 0.1) is 0 Å². The zero-order chi connectivity index (χ0) is 17.8. The van der Waals surface area contributed by atoms with Crippen molar-refractivity contribution in [3.63, 3.8) is 0 Å². The lowest BCUT2D eigenvalue weighted by Crippen LogP contribution is -2.34. The topological polar surface area (TPSA) is 67.4 Å². The molecule has 5 nitrogen and oxygen atoms in total. The monoisotopic (exact) mass is 358 g/mol. The molecule has 0 saturated carbocycles. The molecule has 1 atom stereocenters. The summed E-state index contributed by atoms with van der Waals surface area (Å²) in [6, 6.07) is 12.8. The minimum Gasteiger partial charge on any atom is -0.479 e. The highest BCUT2D eigenvalue weighted by atomic mass is 35.5. The van der Waals surface area contributed by atoms with E-state index in [0.29, 0.717) is 28.6 Å². The van der Waals surface area contributed by atoms with Crippen molar-refractivity contribution in [3.05, 3.63) is 53.1 Å². The highest BCUT2D eigenvalue weighted by molar-refractivity contribution is 6.30.